The highest BCUT2D eigenvalue weighted by atomic mass is 35.5. The van der Waals surface area contributed by atoms with E-state index in [-0.39, 0.29) is 22.4 Å². The van der Waals surface area contributed by atoms with Crippen LogP contribution in [-0.2, 0) is 16.2 Å². The lowest BCUT2D eigenvalue weighted by molar-refractivity contribution is 0.100. The fourth-order valence-electron chi connectivity index (χ4n) is 6.13. The minimum Gasteiger partial charge on any atom is -0.294 e. The molecule has 2 aromatic carbocycles. The number of hydrogen-bond donors (Lipinski definition) is 0. The first kappa shape index (κ1) is 23.1. The largest absolute Gasteiger partial charge is 0.294 e. The Bertz CT molecular complexity index is 1100. The standard InChI is InChI=1S/C25H24Cl4O2/c1-11(30)17-15(26)7-13-19(21(17)28)25(9-23(13,3)4)10-24(5,6)14-8-16(27)18(12(2)31)22(29)20(14)25/h7-8H,9-10H2,1-6H3. The van der Waals surface area contributed by atoms with Crippen LogP contribution in [0.3, 0.4) is 0 Å². The van der Waals surface area contributed by atoms with Crippen LogP contribution in [0.15, 0.2) is 12.1 Å². The van der Waals surface area contributed by atoms with Crippen molar-refractivity contribution in [2.45, 2.75) is 70.6 Å². The summed E-state index contributed by atoms with van der Waals surface area (Å²) in [6, 6.07) is 3.77. The van der Waals surface area contributed by atoms with E-state index >= 15 is 0 Å². The lowest BCUT2D eigenvalue weighted by Gasteiger charge is -2.32. The molecule has 0 saturated carbocycles. The van der Waals surface area contributed by atoms with Gasteiger partial charge in [0.25, 0.3) is 0 Å². The van der Waals surface area contributed by atoms with Crippen LogP contribution in [0.4, 0.5) is 0 Å². The lowest BCUT2D eigenvalue weighted by atomic mass is 9.72. The zero-order chi connectivity index (χ0) is 23.3. The molecule has 0 radical (unpaired) electrons. The van der Waals surface area contributed by atoms with Gasteiger partial charge < -0.3 is 0 Å². The van der Waals surface area contributed by atoms with E-state index < -0.39 is 5.41 Å². The van der Waals surface area contributed by atoms with Gasteiger partial charge >= 0.3 is 0 Å². The molecule has 4 rings (SSSR count). The van der Waals surface area contributed by atoms with Gasteiger partial charge in [-0.05, 0) is 71.9 Å². The van der Waals surface area contributed by atoms with Crippen molar-refractivity contribution < 1.29 is 9.59 Å². The Morgan fingerprint density at radius 1 is 0.710 bits per heavy atom. The molecule has 164 valence electrons. The van der Waals surface area contributed by atoms with Gasteiger partial charge in [0.15, 0.2) is 11.6 Å². The van der Waals surface area contributed by atoms with Crippen LogP contribution in [0.25, 0.3) is 0 Å². The van der Waals surface area contributed by atoms with Gasteiger partial charge in [0.05, 0.1) is 31.2 Å². The van der Waals surface area contributed by atoms with Crippen molar-refractivity contribution >= 4 is 58.0 Å². The molecule has 0 atom stereocenters. The molecule has 0 aliphatic heterocycles. The van der Waals surface area contributed by atoms with Crippen LogP contribution in [0.2, 0.25) is 20.1 Å². The SMILES string of the molecule is CC(=O)c1c(Cl)cc2c(c1Cl)C1(CC2(C)C)CC(C)(C)c2cc(Cl)c(C(C)=O)c(Cl)c21. The number of Topliss-reactive ketones (excluding diaryl/α,β-unsaturated/α-hetero) is 2. The van der Waals surface area contributed by atoms with Crippen molar-refractivity contribution in [2.24, 2.45) is 0 Å². The maximum absolute atomic E-state index is 12.4. The third-order valence-corrected chi connectivity index (χ3v) is 8.40. The molecular formula is C25H24Cl4O2. The topological polar surface area (TPSA) is 34.1 Å². The first-order valence-corrected chi connectivity index (χ1v) is 11.7. The van der Waals surface area contributed by atoms with E-state index in [4.69, 9.17) is 46.4 Å². The normalized spacial score (nSPS) is 19.4. The van der Waals surface area contributed by atoms with Crippen LogP contribution < -0.4 is 0 Å². The lowest BCUT2D eigenvalue weighted by Crippen LogP contribution is -2.28. The zero-order valence-corrected chi connectivity index (χ0v) is 21.4. The number of carbonyl (C=O) groups is 2. The first-order valence-electron chi connectivity index (χ1n) is 10.2. The molecule has 0 unspecified atom stereocenters. The molecule has 0 N–H and O–H groups in total. The van der Waals surface area contributed by atoms with E-state index in [0.717, 1.165) is 35.1 Å². The van der Waals surface area contributed by atoms with Gasteiger partial charge in [-0.1, -0.05) is 74.1 Å². The average molecular weight is 498 g/mol. The molecule has 2 nitrogen and oxygen atoms in total. The Balaban J connectivity index is 2.19. The molecule has 0 heterocycles. The van der Waals surface area contributed by atoms with Crippen molar-refractivity contribution in [3.8, 4) is 0 Å². The molecule has 0 aromatic heterocycles. The van der Waals surface area contributed by atoms with Crippen molar-refractivity contribution in [1.82, 2.24) is 0 Å². The second-order valence-electron chi connectivity index (χ2n) is 10.3. The first-order chi connectivity index (χ1) is 14.2. The second-order valence-corrected chi connectivity index (χ2v) is 11.8. The van der Waals surface area contributed by atoms with E-state index in [9.17, 15) is 9.59 Å². The van der Waals surface area contributed by atoms with Crippen LogP contribution in [0.1, 0.15) is 97.4 Å². The molecule has 6 heteroatoms. The summed E-state index contributed by atoms with van der Waals surface area (Å²) in [4.78, 5) is 24.8. The predicted molar refractivity (Wildman–Crippen MR) is 129 cm³/mol. The van der Waals surface area contributed by atoms with E-state index in [2.05, 4.69) is 27.7 Å². The Kier molecular flexibility index (Phi) is 5.19. The molecule has 2 aromatic rings. The predicted octanol–water partition coefficient (Wildman–Crippen LogP) is 8.35. The molecule has 0 saturated heterocycles. The summed E-state index contributed by atoms with van der Waals surface area (Å²) >= 11 is 26.9. The average Bonchev–Trinajstić information content (AvgIpc) is 2.93. The van der Waals surface area contributed by atoms with Gasteiger partial charge in [-0.2, -0.15) is 0 Å². The second kappa shape index (κ2) is 6.97. The smallest absolute Gasteiger partial charge is 0.162 e. The molecule has 0 amide bonds. The Morgan fingerprint density at radius 2 is 1.03 bits per heavy atom. The number of hydrogen-bond acceptors (Lipinski definition) is 2. The van der Waals surface area contributed by atoms with Crippen molar-refractivity contribution in [2.75, 3.05) is 0 Å². The summed E-state index contributed by atoms with van der Waals surface area (Å²) in [5, 5.41) is 1.51. The highest BCUT2D eigenvalue weighted by molar-refractivity contribution is 6.41. The van der Waals surface area contributed by atoms with E-state index in [0.29, 0.717) is 31.2 Å². The molecule has 2 aliphatic carbocycles. The summed E-state index contributed by atoms with van der Waals surface area (Å²) in [6.45, 7) is 11.6. The molecule has 0 fully saturated rings. The van der Waals surface area contributed by atoms with E-state index in [1.54, 1.807) is 0 Å². The van der Waals surface area contributed by atoms with Gasteiger partial charge in [0.1, 0.15) is 0 Å². The quantitative estimate of drug-likeness (QED) is 0.390. The number of carbonyl (C=O) groups excluding carboxylic acids is 2. The minimum absolute atomic E-state index is 0.179. The summed E-state index contributed by atoms with van der Waals surface area (Å²) in [5.41, 5.74) is 3.46. The Hall–Kier alpha value is -1.06. The van der Waals surface area contributed by atoms with Gasteiger partial charge in [-0.25, -0.2) is 0 Å². The summed E-state index contributed by atoms with van der Waals surface area (Å²) in [5.74, 6) is -0.358. The van der Waals surface area contributed by atoms with Gasteiger partial charge in [-0.3, -0.25) is 9.59 Å². The van der Waals surface area contributed by atoms with Gasteiger partial charge in [-0.15, -0.1) is 0 Å². The Morgan fingerprint density at radius 3 is 1.32 bits per heavy atom. The van der Waals surface area contributed by atoms with Crippen molar-refractivity contribution in [1.29, 1.82) is 0 Å². The minimum atomic E-state index is -0.546. The summed E-state index contributed by atoms with van der Waals surface area (Å²) in [7, 11) is 0. The number of ketones is 2. The van der Waals surface area contributed by atoms with Crippen molar-refractivity contribution in [3.63, 3.8) is 0 Å². The fourth-order valence-corrected chi connectivity index (χ4v) is 7.93. The Labute approximate surface area is 203 Å². The van der Waals surface area contributed by atoms with Crippen LogP contribution in [-0.4, -0.2) is 11.6 Å². The third kappa shape index (κ3) is 3.05. The molecular weight excluding hydrogens is 474 g/mol. The summed E-state index contributed by atoms with van der Waals surface area (Å²) in [6.07, 6.45) is 1.48. The van der Waals surface area contributed by atoms with Crippen LogP contribution >= 0.6 is 46.4 Å². The summed E-state index contributed by atoms with van der Waals surface area (Å²) < 4.78 is 0. The van der Waals surface area contributed by atoms with Gasteiger partial charge in [0.2, 0.25) is 0 Å². The third-order valence-electron chi connectivity index (χ3n) is 7.04. The van der Waals surface area contributed by atoms with Crippen LogP contribution in [0.5, 0.6) is 0 Å². The highest BCUT2D eigenvalue weighted by Gasteiger charge is 2.59. The van der Waals surface area contributed by atoms with Gasteiger partial charge in [0, 0.05) is 5.41 Å². The highest BCUT2D eigenvalue weighted by Crippen LogP contribution is 2.66. The molecule has 31 heavy (non-hydrogen) atoms. The van der Waals surface area contributed by atoms with Crippen molar-refractivity contribution in [3.05, 3.63) is 65.6 Å². The maximum atomic E-state index is 12.4. The molecule has 1 spiro atoms. The number of fused-ring (bicyclic) bond motifs is 4. The monoisotopic (exact) mass is 496 g/mol. The van der Waals surface area contributed by atoms with Crippen LogP contribution in [0, 0.1) is 0 Å². The maximum Gasteiger partial charge on any atom is 0.162 e. The zero-order valence-electron chi connectivity index (χ0n) is 18.4. The van der Waals surface area contributed by atoms with E-state index in [1.807, 2.05) is 12.1 Å². The molecule has 2 aliphatic rings. The molecule has 0 bridgehead atoms. The number of halogens is 4. The van der Waals surface area contributed by atoms with E-state index in [1.165, 1.54) is 13.8 Å². The fraction of sp³-hybridized carbons (Fsp3) is 0.440. The number of rotatable bonds is 2. The number of benzene rings is 2.